The Hall–Kier alpha value is -1.39. The van der Waals surface area contributed by atoms with E-state index in [1.165, 1.54) is 7.11 Å². The molecule has 1 aromatic carbocycles. The van der Waals surface area contributed by atoms with E-state index in [2.05, 4.69) is 0 Å². The fourth-order valence-corrected chi connectivity index (χ4v) is 1.35. The van der Waals surface area contributed by atoms with Gasteiger partial charge in [0, 0.05) is 19.1 Å². The molecule has 0 atom stereocenters. The highest BCUT2D eigenvalue weighted by molar-refractivity contribution is 5.99. The first kappa shape index (κ1) is 11.7. The fraction of sp³-hybridized carbons (Fsp3) is 0.364. The normalized spacial score (nSPS) is 10.3. The number of carbonyl (C=O) groups is 1. The lowest BCUT2D eigenvalue weighted by molar-refractivity contribution is 0.0982. The molecule has 0 saturated heterocycles. The number of hydrogen-bond acceptors (Lipinski definition) is 4. The Kier molecular flexibility index (Phi) is 4.27. The Morgan fingerprint density at radius 3 is 2.87 bits per heavy atom. The summed E-state index contributed by atoms with van der Waals surface area (Å²) < 4.78 is 4.91. The van der Waals surface area contributed by atoms with Gasteiger partial charge in [0.05, 0.1) is 12.2 Å². The van der Waals surface area contributed by atoms with Crippen LogP contribution in [0.1, 0.15) is 22.3 Å². The van der Waals surface area contributed by atoms with Gasteiger partial charge in [0.15, 0.2) is 5.78 Å². The molecule has 0 aliphatic heterocycles. The number of aromatic hydroxyl groups is 1. The van der Waals surface area contributed by atoms with Gasteiger partial charge >= 0.3 is 0 Å². The number of hydrogen-bond donors (Lipinski definition) is 2. The highest BCUT2D eigenvalue weighted by Gasteiger charge is 2.12. The second-order valence-electron chi connectivity index (χ2n) is 3.21. The number of Topliss-reactive ketones (excluding diaryl/α,β-unsaturated/α-hetero) is 1. The number of benzene rings is 1. The van der Waals surface area contributed by atoms with E-state index < -0.39 is 0 Å². The van der Waals surface area contributed by atoms with E-state index in [0.29, 0.717) is 11.1 Å². The first-order chi connectivity index (χ1) is 7.20. The molecular weight excluding hydrogens is 194 g/mol. The average molecular weight is 209 g/mol. The maximum absolute atomic E-state index is 11.5. The molecule has 82 valence electrons. The fourth-order valence-electron chi connectivity index (χ4n) is 1.35. The summed E-state index contributed by atoms with van der Waals surface area (Å²) in [4.78, 5) is 11.5. The van der Waals surface area contributed by atoms with E-state index in [9.17, 15) is 9.90 Å². The maximum Gasteiger partial charge on any atom is 0.167 e. The van der Waals surface area contributed by atoms with Crippen LogP contribution in [-0.2, 0) is 11.3 Å². The molecule has 0 fully saturated rings. The molecule has 1 aromatic rings. The van der Waals surface area contributed by atoms with Crippen molar-refractivity contribution >= 4 is 5.78 Å². The quantitative estimate of drug-likeness (QED) is 0.711. The number of phenolic OH excluding ortho intramolecular Hbond substituents is 1. The first-order valence-electron chi connectivity index (χ1n) is 4.73. The second kappa shape index (κ2) is 5.48. The van der Waals surface area contributed by atoms with Crippen LogP contribution in [0.25, 0.3) is 0 Å². The van der Waals surface area contributed by atoms with Gasteiger partial charge in [0.1, 0.15) is 5.75 Å². The molecule has 0 unspecified atom stereocenters. The third-order valence-electron chi connectivity index (χ3n) is 2.09. The summed E-state index contributed by atoms with van der Waals surface area (Å²) >= 11 is 0. The molecule has 0 radical (unpaired) electrons. The smallest absolute Gasteiger partial charge is 0.167 e. The Labute approximate surface area is 88.7 Å². The van der Waals surface area contributed by atoms with Gasteiger partial charge in [-0.1, -0.05) is 12.1 Å². The van der Waals surface area contributed by atoms with Crippen molar-refractivity contribution in [3.05, 3.63) is 29.3 Å². The third kappa shape index (κ3) is 2.78. The van der Waals surface area contributed by atoms with Gasteiger partial charge in [-0.25, -0.2) is 0 Å². The molecule has 0 bridgehead atoms. The number of carbonyl (C=O) groups excluding carboxylic acids is 1. The summed E-state index contributed by atoms with van der Waals surface area (Å²) in [6, 6.07) is 5.03. The molecule has 0 aliphatic carbocycles. The van der Waals surface area contributed by atoms with Gasteiger partial charge in [-0.15, -0.1) is 0 Å². The maximum atomic E-state index is 11.5. The van der Waals surface area contributed by atoms with Crippen molar-refractivity contribution in [2.45, 2.75) is 13.0 Å². The van der Waals surface area contributed by atoms with Crippen LogP contribution in [-0.4, -0.2) is 24.5 Å². The number of nitrogens with two attached hydrogens (primary N) is 1. The van der Waals surface area contributed by atoms with Crippen molar-refractivity contribution in [2.24, 2.45) is 5.73 Å². The molecule has 0 heterocycles. The van der Waals surface area contributed by atoms with Gasteiger partial charge in [-0.2, -0.15) is 0 Å². The van der Waals surface area contributed by atoms with Crippen LogP contribution in [0.2, 0.25) is 0 Å². The minimum atomic E-state index is -0.145. The summed E-state index contributed by atoms with van der Waals surface area (Å²) in [5.74, 6) is -0.147. The zero-order valence-corrected chi connectivity index (χ0v) is 8.69. The van der Waals surface area contributed by atoms with Crippen LogP contribution in [0.5, 0.6) is 5.75 Å². The lowest BCUT2D eigenvalue weighted by atomic mass is 10.0. The Balaban J connectivity index is 2.98. The van der Waals surface area contributed by atoms with Gasteiger partial charge in [0.2, 0.25) is 0 Å². The predicted octanol–water partition coefficient (Wildman–Crippen LogP) is 1.07. The van der Waals surface area contributed by atoms with E-state index in [0.717, 1.165) is 0 Å². The number of ether oxygens (including phenoxy) is 1. The molecule has 4 heteroatoms. The molecular formula is C11H15NO3. The largest absolute Gasteiger partial charge is 0.507 e. The van der Waals surface area contributed by atoms with Gasteiger partial charge in [-0.05, 0) is 12.6 Å². The summed E-state index contributed by atoms with van der Waals surface area (Å²) in [6.07, 6.45) is 0.240. The van der Waals surface area contributed by atoms with E-state index in [1.807, 2.05) is 0 Å². The number of ketones is 1. The van der Waals surface area contributed by atoms with E-state index >= 15 is 0 Å². The Bertz CT molecular complexity index is 350. The van der Waals surface area contributed by atoms with Crippen molar-refractivity contribution < 1.29 is 14.6 Å². The summed E-state index contributed by atoms with van der Waals surface area (Å²) in [6.45, 7) is 0.572. The van der Waals surface area contributed by atoms with E-state index in [1.54, 1.807) is 18.2 Å². The number of para-hydroxylation sites is 1. The monoisotopic (exact) mass is 209 g/mol. The van der Waals surface area contributed by atoms with Crippen molar-refractivity contribution in [3.63, 3.8) is 0 Å². The number of methoxy groups -OCH3 is 1. The molecule has 4 nitrogen and oxygen atoms in total. The van der Waals surface area contributed by atoms with Gasteiger partial charge in [-0.3, -0.25) is 4.79 Å². The zero-order valence-electron chi connectivity index (χ0n) is 8.69. The first-order valence-corrected chi connectivity index (χ1v) is 4.73. The van der Waals surface area contributed by atoms with Crippen LogP contribution >= 0.6 is 0 Å². The minimum Gasteiger partial charge on any atom is -0.507 e. The topological polar surface area (TPSA) is 72.5 Å². The number of phenols is 1. The van der Waals surface area contributed by atoms with Gasteiger partial charge < -0.3 is 15.6 Å². The van der Waals surface area contributed by atoms with Crippen LogP contribution < -0.4 is 5.73 Å². The summed E-state index contributed by atoms with van der Waals surface area (Å²) in [5, 5.41) is 9.78. The van der Waals surface area contributed by atoms with Crippen molar-refractivity contribution in [3.8, 4) is 5.75 Å². The lowest BCUT2D eigenvalue weighted by Crippen LogP contribution is -2.08. The second-order valence-corrected chi connectivity index (χ2v) is 3.21. The molecule has 0 amide bonds. The molecule has 0 saturated carbocycles. The predicted molar refractivity (Wildman–Crippen MR) is 56.8 cm³/mol. The lowest BCUT2D eigenvalue weighted by Gasteiger charge is -2.07. The van der Waals surface area contributed by atoms with E-state index in [-0.39, 0.29) is 31.1 Å². The Morgan fingerprint density at radius 2 is 2.27 bits per heavy atom. The molecule has 1 rings (SSSR count). The molecule has 0 aliphatic rings. The zero-order chi connectivity index (χ0) is 11.3. The van der Waals surface area contributed by atoms with Crippen molar-refractivity contribution in [1.82, 2.24) is 0 Å². The van der Waals surface area contributed by atoms with Crippen molar-refractivity contribution in [2.75, 3.05) is 13.7 Å². The van der Waals surface area contributed by atoms with Crippen LogP contribution in [0.15, 0.2) is 18.2 Å². The molecule has 0 aromatic heterocycles. The standard InChI is InChI=1S/C11H15NO3/c1-15-7-8-3-2-4-9(11(8)14)10(13)5-6-12/h2-4,14H,5-7,12H2,1H3. The average Bonchev–Trinajstić information content (AvgIpc) is 2.22. The van der Waals surface area contributed by atoms with Crippen LogP contribution in [0, 0.1) is 0 Å². The molecule has 3 N–H and O–H groups in total. The van der Waals surface area contributed by atoms with Crippen LogP contribution in [0.3, 0.4) is 0 Å². The van der Waals surface area contributed by atoms with Crippen LogP contribution in [0.4, 0.5) is 0 Å². The Morgan fingerprint density at radius 1 is 1.53 bits per heavy atom. The van der Waals surface area contributed by atoms with E-state index in [4.69, 9.17) is 10.5 Å². The molecule has 15 heavy (non-hydrogen) atoms. The van der Waals surface area contributed by atoms with Gasteiger partial charge in [0.25, 0.3) is 0 Å². The SMILES string of the molecule is COCc1cccc(C(=O)CCN)c1O. The summed E-state index contributed by atoms with van der Waals surface area (Å²) in [7, 11) is 1.54. The third-order valence-corrected chi connectivity index (χ3v) is 2.09. The van der Waals surface area contributed by atoms with Crippen molar-refractivity contribution in [1.29, 1.82) is 0 Å². The highest BCUT2D eigenvalue weighted by Crippen LogP contribution is 2.24. The number of rotatable bonds is 5. The minimum absolute atomic E-state index is 0.00204. The summed E-state index contributed by atoms with van der Waals surface area (Å²) in [5.41, 5.74) is 6.21. The molecule has 0 spiro atoms. The highest BCUT2D eigenvalue weighted by atomic mass is 16.5.